The van der Waals surface area contributed by atoms with Gasteiger partial charge in [0.05, 0.1) is 17.8 Å². The number of amides is 1. The Morgan fingerprint density at radius 1 is 1.19 bits per heavy atom. The summed E-state index contributed by atoms with van der Waals surface area (Å²) in [5.74, 6) is -1.96. The molecule has 0 fully saturated rings. The topological polar surface area (TPSA) is 67.0 Å². The monoisotopic (exact) mass is 439 g/mol. The maximum absolute atomic E-state index is 14.2. The number of nitrogens with zero attached hydrogens (tertiary/aromatic N) is 1. The predicted octanol–water partition coefficient (Wildman–Crippen LogP) is 5.96. The number of hydrogen-bond acceptors (Lipinski definition) is 3. The number of carbonyl (C=O) groups excluding carboxylic acids is 1. The summed E-state index contributed by atoms with van der Waals surface area (Å²) < 4.78 is 33.3. The van der Waals surface area contributed by atoms with Gasteiger partial charge >= 0.3 is 0 Å². The Labute approximate surface area is 181 Å². The van der Waals surface area contributed by atoms with Gasteiger partial charge in [0.2, 0.25) is 5.91 Å². The van der Waals surface area contributed by atoms with Crippen LogP contribution < -0.4 is 10.1 Å². The van der Waals surface area contributed by atoms with Crippen molar-refractivity contribution in [3.05, 3.63) is 78.1 Å². The van der Waals surface area contributed by atoms with Crippen molar-refractivity contribution in [1.29, 1.82) is 0 Å². The Hall–Kier alpha value is -3.71. The van der Waals surface area contributed by atoms with Gasteiger partial charge in [0.1, 0.15) is 11.5 Å². The van der Waals surface area contributed by atoms with Crippen molar-refractivity contribution in [1.82, 2.24) is 9.97 Å². The van der Waals surface area contributed by atoms with E-state index in [1.54, 1.807) is 30.6 Å². The maximum Gasteiger partial charge on any atom is 0.247 e. The highest BCUT2D eigenvalue weighted by Crippen LogP contribution is 2.38. The molecule has 0 radical (unpaired) electrons. The summed E-state index contributed by atoms with van der Waals surface area (Å²) in [4.78, 5) is 19.1. The zero-order valence-corrected chi connectivity index (χ0v) is 17.1. The number of benzene rings is 2. The molecule has 31 heavy (non-hydrogen) atoms. The van der Waals surface area contributed by atoms with E-state index in [1.807, 2.05) is 6.07 Å². The molecule has 156 valence electrons. The fraction of sp³-hybridized carbons (Fsp3) is 0.0435. The molecule has 4 rings (SSSR count). The van der Waals surface area contributed by atoms with Gasteiger partial charge in [-0.1, -0.05) is 24.2 Å². The van der Waals surface area contributed by atoms with Crippen molar-refractivity contribution in [2.45, 2.75) is 0 Å². The SMILES string of the molecule is C=CC(=O)Nc1cc(-c2cnc3[nH]cc(-c4cc(F)cc(F)c4OC)c3c2)ccc1Cl. The second-order valence-corrected chi connectivity index (χ2v) is 7.09. The van der Waals surface area contributed by atoms with E-state index in [0.29, 0.717) is 27.3 Å². The van der Waals surface area contributed by atoms with E-state index in [-0.39, 0.29) is 17.2 Å². The number of methoxy groups -OCH3 is 1. The number of ether oxygens (including phenoxy) is 1. The minimum atomic E-state index is -0.795. The largest absolute Gasteiger partial charge is 0.493 e. The molecule has 0 bridgehead atoms. The van der Waals surface area contributed by atoms with Gasteiger partial charge in [0.15, 0.2) is 11.6 Å². The van der Waals surface area contributed by atoms with Gasteiger partial charge in [-0.25, -0.2) is 13.8 Å². The smallest absolute Gasteiger partial charge is 0.247 e. The van der Waals surface area contributed by atoms with Gasteiger partial charge in [-0.15, -0.1) is 0 Å². The quantitative estimate of drug-likeness (QED) is 0.377. The molecule has 0 saturated carbocycles. The lowest BCUT2D eigenvalue weighted by molar-refractivity contribution is -0.111. The molecule has 5 nitrogen and oxygen atoms in total. The summed E-state index contributed by atoms with van der Waals surface area (Å²) in [6.07, 6.45) is 4.42. The van der Waals surface area contributed by atoms with Crippen LogP contribution in [-0.2, 0) is 4.79 Å². The van der Waals surface area contributed by atoms with E-state index < -0.39 is 11.6 Å². The van der Waals surface area contributed by atoms with Crippen LogP contribution in [0.2, 0.25) is 5.02 Å². The van der Waals surface area contributed by atoms with Gasteiger partial charge < -0.3 is 15.0 Å². The first kappa shape index (κ1) is 20.6. The Morgan fingerprint density at radius 2 is 2.00 bits per heavy atom. The minimum absolute atomic E-state index is 0.0615. The van der Waals surface area contributed by atoms with Crippen LogP contribution in [0.4, 0.5) is 14.5 Å². The Bertz CT molecular complexity index is 1330. The first-order chi connectivity index (χ1) is 14.9. The van der Waals surface area contributed by atoms with Crippen LogP contribution in [0.1, 0.15) is 0 Å². The van der Waals surface area contributed by atoms with Gasteiger partial charge in [-0.05, 0) is 35.9 Å². The van der Waals surface area contributed by atoms with E-state index in [4.69, 9.17) is 16.3 Å². The third kappa shape index (κ3) is 3.87. The lowest BCUT2D eigenvalue weighted by atomic mass is 10.0. The number of hydrogen-bond donors (Lipinski definition) is 2. The number of anilines is 1. The number of nitrogens with one attached hydrogen (secondary N) is 2. The fourth-order valence-corrected chi connectivity index (χ4v) is 3.50. The van der Waals surface area contributed by atoms with Crippen molar-refractivity contribution >= 4 is 34.2 Å². The highest BCUT2D eigenvalue weighted by atomic mass is 35.5. The Balaban J connectivity index is 1.85. The van der Waals surface area contributed by atoms with Crippen LogP contribution in [-0.4, -0.2) is 23.0 Å². The van der Waals surface area contributed by atoms with E-state index in [0.717, 1.165) is 23.3 Å². The molecule has 0 spiro atoms. The zero-order valence-electron chi connectivity index (χ0n) is 16.3. The second-order valence-electron chi connectivity index (χ2n) is 6.68. The number of fused-ring (bicyclic) bond motifs is 1. The van der Waals surface area contributed by atoms with Crippen molar-refractivity contribution in [3.8, 4) is 28.0 Å². The molecule has 8 heteroatoms. The highest BCUT2D eigenvalue weighted by Gasteiger charge is 2.18. The molecular weight excluding hydrogens is 424 g/mol. The van der Waals surface area contributed by atoms with Crippen molar-refractivity contribution in [3.63, 3.8) is 0 Å². The first-order valence-corrected chi connectivity index (χ1v) is 9.53. The molecule has 0 aliphatic heterocycles. The van der Waals surface area contributed by atoms with Crippen LogP contribution >= 0.6 is 11.6 Å². The van der Waals surface area contributed by atoms with Gasteiger partial charge in [-0.3, -0.25) is 4.79 Å². The summed E-state index contributed by atoms with van der Waals surface area (Å²) in [5.41, 5.74) is 3.22. The predicted molar refractivity (Wildman–Crippen MR) is 117 cm³/mol. The first-order valence-electron chi connectivity index (χ1n) is 9.15. The molecule has 0 aliphatic carbocycles. The number of halogens is 3. The normalized spacial score (nSPS) is 10.8. The summed E-state index contributed by atoms with van der Waals surface area (Å²) in [7, 11) is 1.32. The molecule has 0 unspecified atom stereocenters. The van der Waals surface area contributed by atoms with Gasteiger partial charge in [-0.2, -0.15) is 0 Å². The van der Waals surface area contributed by atoms with Crippen LogP contribution in [0.3, 0.4) is 0 Å². The van der Waals surface area contributed by atoms with Gasteiger partial charge in [0.25, 0.3) is 0 Å². The molecule has 2 N–H and O–H groups in total. The lowest BCUT2D eigenvalue weighted by Gasteiger charge is -2.10. The molecule has 0 saturated heterocycles. The third-order valence-electron chi connectivity index (χ3n) is 4.78. The van der Waals surface area contributed by atoms with Crippen LogP contribution in [0.25, 0.3) is 33.3 Å². The molecule has 2 heterocycles. The van der Waals surface area contributed by atoms with Crippen molar-refractivity contribution in [2.24, 2.45) is 0 Å². The molecular formula is C23H16ClF2N3O2. The summed E-state index contributed by atoms with van der Waals surface area (Å²) in [6.45, 7) is 3.43. The fourth-order valence-electron chi connectivity index (χ4n) is 3.34. The third-order valence-corrected chi connectivity index (χ3v) is 5.11. The number of H-pyrrole nitrogens is 1. The number of pyridine rings is 1. The molecule has 0 atom stereocenters. The maximum atomic E-state index is 14.2. The average Bonchev–Trinajstić information content (AvgIpc) is 3.17. The summed E-state index contributed by atoms with van der Waals surface area (Å²) in [5, 5.41) is 3.67. The molecule has 0 aliphatic rings. The summed E-state index contributed by atoms with van der Waals surface area (Å²) in [6, 6.07) is 8.96. The summed E-state index contributed by atoms with van der Waals surface area (Å²) >= 11 is 6.18. The second kappa shape index (κ2) is 8.20. The van der Waals surface area contributed by atoms with Crippen molar-refractivity contribution in [2.75, 3.05) is 12.4 Å². The minimum Gasteiger partial charge on any atom is -0.493 e. The highest BCUT2D eigenvalue weighted by molar-refractivity contribution is 6.34. The van der Waals surface area contributed by atoms with Crippen molar-refractivity contribution < 1.29 is 18.3 Å². The van der Waals surface area contributed by atoms with Crippen LogP contribution in [0.15, 0.2) is 61.4 Å². The van der Waals surface area contributed by atoms with Crippen LogP contribution in [0, 0.1) is 11.6 Å². The number of aromatic amines is 1. The molecule has 4 aromatic rings. The molecule has 2 aromatic heterocycles. The number of carbonyl (C=O) groups is 1. The molecule has 1 amide bonds. The standard InChI is InChI=1S/C23H16ClF2N3O2/c1-3-21(30)29-20-7-12(4-5-18(20)24)13-6-16-17(11-28-23(16)27-10-13)15-8-14(25)9-19(26)22(15)31-2/h3-11H,1H2,2H3,(H,27,28)(H,29,30). The number of rotatable bonds is 5. The van der Waals surface area contributed by atoms with Gasteiger partial charge in [0, 0.05) is 40.5 Å². The lowest BCUT2D eigenvalue weighted by Crippen LogP contribution is -2.07. The van der Waals surface area contributed by atoms with E-state index >= 15 is 0 Å². The van der Waals surface area contributed by atoms with E-state index in [9.17, 15) is 13.6 Å². The average molecular weight is 440 g/mol. The van der Waals surface area contributed by atoms with E-state index in [2.05, 4.69) is 21.9 Å². The van der Waals surface area contributed by atoms with E-state index in [1.165, 1.54) is 13.2 Å². The number of aromatic nitrogens is 2. The zero-order chi connectivity index (χ0) is 22.1. The molecule has 2 aromatic carbocycles. The van der Waals surface area contributed by atoms with Crippen LogP contribution in [0.5, 0.6) is 5.75 Å². The Kier molecular flexibility index (Phi) is 5.44. The Morgan fingerprint density at radius 3 is 2.74 bits per heavy atom.